The van der Waals surface area contributed by atoms with E-state index in [-0.39, 0.29) is 11.4 Å². The maximum atomic E-state index is 11.2. The number of benzene rings is 1. The third-order valence-electron chi connectivity index (χ3n) is 4.41. The molecule has 1 unspecified atom stereocenters. The summed E-state index contributed by atoms with van der Waals surface area (Å²) in [5, 5.41) is 0. The number of ether oxygens (including phenoxy) is 1. The quantitative estimate of drug-likeness (QED) is 0.590. The van der Waals surface area contributed by atoms with E-state index in [9.17, 15) is 4.79 Å². The predicted octanol–water partition coefficient (Wildman–Crippen LogP) is 3.77. The highest BCUT2D eigenvalue weighted by atomic mass is 16.5. The molecule has 0 N–H and O–H groups in total. The monoisotopic (exact) mass is 289 g/mol. The molecule has 1 aromatic rings. The Kier molecular flexibility index (Phi) is 5.40. The van der Waals surface area contributed by atoms with Crippen LogP contribution in [0.5, 0.6) is 5.75 Å². The van der Waals surface area contributed by atoms with Crippen LogP contribution in [0.15, 0.2) is 24.3 Å². The van der Waals surface area contributed by atoms with Crippen LogP contribution in [0.1, 0.15) is 52.0 Å². The molecule has 116 valence electrons. The number of carbonyl (C=O) groups excluding carboxylic acids is 1. The summed E-state index contributed by atoms with van der Waals surface area (Å²) >= 11 is 0. The number of hydrogen-bond acceptors (Lipinski definition) is 3. The number of carbonyl (C=O) groups is 1. The van der Waals surface area contributed by atoms with Gasteiger partial charge in [0.05, 0.1) is 0 Å². The van der Waals surface area contributed by atoms with Crippen LogP contribution in [0.25, 0.3) is 0 Å². The Labute approximate surface area is 128 Å². The van der Waals surface area contributed by atoms with Crippen molar-refractivity contribution in [1.29, 1.82) is 0 Å². The van der Waals surface area contributed by atoms with Gasteiger partial charge in [0.2, 0.25) is 0 Å². The molecule has 3 nitrogen and oxygen atoms in total. The Balaban J connectivity index is 2.24. The van der Waals surface area contributed by atoms with Gasteiger partial charge in [0, 0.05) is 18.9 Å². The SMILES string of the molecule is CCCN1CCC(CCC)(c2cccc(OC(C)=O)c2)C1. The van der Waals surface area contributed by atoms with Crippen molar-refractivity contribution in [2.45, 2.75) is 51.9 Å². The summed E-state index contributed by atoms with van der Waals surface area (Å²) in [5.74, 6) is 0.417. The molecule has 0 saturated carbocycles. The lowest BCUT2D eigenvalue weighted by molar-refractivity contribution is -0.131. The average Bonchev–Trinajstić information content (AvgIpc) is 2.84. The first-order valence-corrected chi connectivity index (χ1v) is 8.11. The normalized spacial score (nSPS) is 22.4. The fourth-order valence-corrected chi connectivity index (χ4v) is 3.58. The standard InChI is InChI=1S/C18H27NO2/c1-4-9-18(10-12-19(14-18)11-5-2)16-7-6-8-17(13-16)21-15(3)20/h6-8,13H,4-5,9-12,14H2,1-3H3. The molecule has 0 aromatic heterocycles. The van der Waals surface area contributed by atoms with E-state index in [0.29, 0.717) is 5.75 Å². The maximum absolute atomic E-state index is 11.2. The minimum atomic E-state index is -0.254. The van der Waals surface area contributed by atoms with Crippen LogP contribution < -0.4 is 4.74 Å². The van der Waals surface area contributed by atoms with Crippen molar-refractivity contribution < 1.29 is 9.53 Å². The summed E-state index contributed by atoms with van der Waals surface area (Å²) in [7, 11) is 0. The third-order valence-corrected chi connectivity index (χ3v) is 4.41. The van der Waals surface area contributed by atoms with Crippen molar-refractivity contribution in [2.75, 3.05) is 19.6 Å². The first-order valence-electron chi connectivity index (χ1n) is 8.11. The summed E-state index contributed by atoms with van der Waals surface area (Å²) in [6, 6.07) is 8.13. The number of likely N-dealkylation sites (tertiary alicyclic amines) is 1. The van der Waals surface area contributed by atoms with Crippen molar-refractivity contribution in [3.05, 3.63) is 29.8 Å². The predicted molar refractivity (Wildman–Crippen MR) is 85.7 cm³/mol. The maximum Gasteiger partial charge on any atom is 0.308 e. The molecule has 1 aliphatic heterocycles. The molecule has 1 saturated heterocycles. The Bertz CT molecular complexity index is 486. The molecule has 1 heterocycles. The number of hydrogen-bond donors (Lipinski definition) is 0. The largest absolute Gasteiger partial charge is 0.427 e. The molecule has 0 aliphatic carbocycles. The van der Waals surface area contributed by atoms with Crippen LogP contribution in [-0.4, -0.2) is 30.5 Å². The number of nitrogens with zero attached hydrogens (tertiary/aromatic N) is 1. The zero-order valence-electron chi connectivity index (χ0n) is 13.5. The van der Waals surface area contributed by atoms with E-state index in [1.165, 1.54) is 51.3 Å². The van der Waals surface area contributed by atoms with Gasteiger partial charge >= 0.3 is 5.97 Å². The van der Waals surface area contributed by atoms with Crippen LogP contribution in [0.4, 0.5) is 0 Å². The van der Waals surface area contributed by atoms with Gasteiger partial charge in [-0.3, -0.25) is 4.79 Å². The Hall–Kier alpha value is -1.35. The fourth-order valence-electron chi connectivity index (χ4n) is 3.58. The first-order chi connectivity index (χ1) is 10.1. The Morgan fingerprint density at radius 3 is 2.81 bits per heavy atom. The second-order valence-corrected chi connectivity index (χ2v) is 6.18. The van der Waals surface area contributed by atoms with Gasteiger partial charge in [-0.2, -0.15) is 0 Å². The zero-order valence-corrected chi connectivity index (χ0v) is 13.5. The van der Waals surface area contributed by atoms with E-state index in [0.717, 1.165) is 6.54 Å². The van der Waals surface area contributed by atoms with Crippen LogP contribution in [0, 0.1) is 0 Å². The van der Waals surface area contributed by atoms with E-state index >= 15 is 0 Å². The molecule has 1 aliphatic rings. The highest BCUT2D eigenvalue weighted by Crippen LogP contribution is 2.39. The van der Waals surface area contributed by atoms with E-state index < -0.39 is 0 Å². The molecule has 0 radical (unpaired) electrons. The average molecular weight is 289 g/mol. The molecule has 1 atom stereocenters. The summed E-state index contributed by atoms with van der Waals surface area (Å²) in [4.78, 5) is 13.7. The van der Waals surface area contributed by atoms with Gasteiger partial charge in [-0.15, -0.1) is 0 Å². The lowest BCUT2D eigenvalue weighted by Gasteiger charge is -2.30. The number of rotatable bonds is 6. The van der Waals surface area contributed by atoms with Crippen molar-refractivity contribution in [3.63, 3.8) is 0 Å². The summed E-state index contributed by atoms with van der Waals surface area (Å²) in [6.45, 7) is 9.41. The summed E-state index contributed by atoms with van der Waals surface area (Å²) in [5.41, 5.74) is 1.54. The molecule has 0 bridgehead atoms. The van der Waals surface area contributed by atoms with E-state index in [1.54, 1.807) is 0 Å². The molecular formula is C18H27NO2. The van der Waals surface area contributed by atoms with Crippen molar-refractivity contribution in [3.8, 4) is 5.75 Å². The second kappa shape index (κ2) is 7.08. The molecule has 3 heteroatoms. The fraction of sp³-hybridized carbons (Fsp3) is 0.611. The lowest BCUT2D eigenvalue weighted by atomic mass is 9.76. The molecule has 1 aromatic carbocycles. The van der Waals surface area contributed by atoms with E-state index in [4.69, 9.17) is 4.74 Å². The topological polar surface area (TPSA) is 29.5 Å². The summed E-state index contributed by atoms with van der Waals surface area (Å²) in [6.07, 6.45) is 4.77. The van der Waals surface area contributed by atoms with Crippen LogP contribution >= 0.6 is 0 Å². The van der Waals surface area contributed by atoms with Gasteiger partial charge in [-0.1, -0.05) is 32.4 Å². The Morgan fingerprint density at radius 2 is 2.14 bits per heavy atom. The molecule has 2 rings (SSSR count). The third kappa shape index (κ3) is 3.85. The second-order valence-electron chi connectivity index (χ2n) is 6.18. The lowest BCUT2D eigenvalue weighted by Crippen LogP contribution is -2.31. The smallest absolute Gasteiger partial charge is 0.308 e. The number of esters is 1. The minimum absolute atomic E-state index is 0.222. The molecule has 0 amide bonds. The van der Waals surface area contributed by atoms with Gasteiger partial charge in [-0.25, -0.2) is 0 Å². The first kappa shape index (κ1) is 16.0. The van der Waals surface area contributed by atoms with Gasteiger partial charge in [0.15, 0.2) is 0 Å². The van der Waals surface area contributed by atoms with Crippen LogP contribution in [-0.2, 0) is 10.2 Å². The van der Waals surface area contributed by atoms with Gasteiger partial charge in [0.25, 0.3) is 0 Å². The minimum Gasteiger partial charge on any atom is -0.427 e. The van der Waals surface area contributed by atoms with Crippen molar-refractivity contribution in [2.24, 2.45) is 0 Å². The van der Waals surface area contributed by atoms with Crippen molar-refractivity contribution >= 4 is 5.97 Å². The van der Waals surface area contributed by atoms with Gasteiger partial charge in [0.1, 0.15) is 5.75 Å². The zero-order chi connectivity index (χ0) is 15.3. The Morgan fingerprint density at radius 1 is 1.33 bits per heavy atom. The van der Waals surface area contributed by atoms with Crippen molar-refractivity contribution in [1.82, 2.24) is 4.90 Å². The highest BCUT2D eigenvalue weighted by molar-refractivity contribution is 5.69. The molecule has 0 spiro atoms. The summed E-state index contributed by atoms with van der Waals surface area (Å²) < 4.78 is 5.26. The van der Waals surface area contributed by atoms with E-state index in [2.05, 4.69) is 30.9 Å². The van der Waals surface area contributed by atoms with Crippen LogP contribution in [0.2, 0.25) is 0 Å². The molecule has 1 fully saturated rings. The van der Waals surface area contributed by atoms with Crippen LogP contribution in [0.3, 0.4) is 0 Å². The molecule has 21 heavy (non-hydrogen) atoms. The van der Waals surface area contributed by atoms with Gasteiger partial charge in [-0.05, 0) is 50.0 Å². The van der Waals surface area contributed by atoms with Gasteiger partial charge < -0.3 is 9.64 Å². The molecular weight excluding hydrogens is 262 g/mol. The van der Waals surface area contributed by atoms with E-state index in [1.807, 2.05) is 12.1 Å². The highest BCUT2D eigenvalue weighted by Gasteiger charge is 2.38.